The van der Waals surface area contributed by atoms with Crippen molar-refractivity contribution in [1.82, 2.24) is 10.6 Å². The standard InChI is InChI=1S/C18H30N2O2S/c1-12-9-10-23-16(12)13(2)20-15-8-6-7-14(15)11-19-17(21)22-18(3,4)5/h9-10,13-15,20H,6-8,11H2,1-5H3,(H,19,21). The van der Waals surface area contributed by atoms with Crippen molar-refractivity contribution < 1.29 is 9.53 Å². The smallest absolute Gasteiger partial charge is 0.407 e. The summed E-state index contributed by atoms with van der Waals surface area (Å²) in [4.78, 5) is 13.2. The van der Waals surface area contributed by atoms with Gasteiger partial charge in [0, 0.05) is 23.5 Å². The number of alkyl carbamates (subject to hydrolysis) is 1. The first kappa shape index (κ1) is 18.3. The number of carbonyl (C=O) groups excluding carboxylic acids is 1. The molecule has 5 heteroatoms. The van der Waals surface area contributed by atoms with Crippen LogP contribution < -0.4 is 10.6 Å². The highest BCUT2D eigenvalue weighted by molar-refractivity contribution is 7.10. The summed E-state index contributed by atoms with van der Waals surface area (Å²) in [5.41, 5.74) is 0.916. The summed E-state index contributed by atoms with van der Waals surface area (Å²) in [7, 11) is 0. The number of aryl methyl sites for hydroxylation is 1. The third-order valence-electron chi connectivity index (χ3n) is 4.33. The molecule has 1 aliphatic rings. The molecule has 1 aromatic heterocycles. The van der Waals surface area contributed by atoms with Gasteiger partial charge >= 0.3 is 6.09 Å². The number of thiophene rings is 1. The van der Waals surface area contributed by atoms with E-state index in [1.54, 1.807) is 0 Å². The lowest BCUT2D eigenvalue weighted by Gasteiger charge is -2.26. The minimum Gasteiger partial charge on any atom is -0.444 e. The van der Waals surface area contributed by atoms with E-state index in [0.29, 0.717) is 24.5 Å². The zero-order valence-electron chi connectivity index (χ0n) is 14.9. The molecule has 1 heterocycles. The number of nitrogens with one attached hydrogen (secondary N) is 2. The summed E-state index contributed by atoms with van der Waals surface area (Å²) in [6, 6.07) is 3.00. The molecule has 0 aromatic carbocycles. The van der Waals surface area contributed by atoms with E-state index in [0.717, 1.165) is 6.42 Å². The molecule has 0 saturated heterocycles. The minimum absolute atomic E-state index is 0.315. The predicted molar refractivity (Wildman–Crippen MR) is 96.0 cm³/mol. The van der Waals surface area contributed by atoms with Crippen molar-refractivity contribution in [3.05, 3.63) is 21.9 Å². The van der Waals surface area contributed by atoms with Crippen molar-refractivity contribution in [3.8, 4) is 0 Å². The van der Waals surface area contributed by atoms with Crippen LogP contribution in [0.25, 0.3) is 0 Å². The van der Waals surface area contributed by atoms with Crippen LogP contribution in [0.15, 0.2) is 11.4 Å². The van der Waals surface area contributed by atoms with Gasteiger partial charge in [0.15, 0.2) is 0 Å². The van der Waals surface area contributed by atoms with Gasteiger partial charge in [0.05, 0.1) is 0 Å². The molecule has 1 fully saturated rings. The highest BCUT2D eigenvalue weighted by atomic mass is 32.1. The molecule has 0 radical (unpaired) electrons. The maximum absolute atomic E-state index is 11.8. The first-order valence-electron chi connectivity index (χ1n) is 8.53. The Kier molecular flexibility index (Phi) is 6.09. The molecule has 130 valence electrons. The minimum atomic E-state index is -0.442. The highest BCUT2D eigenvalue weighted by Crippen LogP contribution is 2.30. The van der Waals surface area contributed by atoms with Crippen LogP contribution in [0.2, 0.25) is 0 Å². The topological polar surface area (TPSA) is 50.4 Å². The van der Waals surface area contributed by atoms with Crippen molar-refractivity contribution in [1.29, 1.82) is 0 Å². The molecule has 0 bridgehead atoms. The fourth-order valence-corrected chi connectivity index (χ4v) is 4.20. The van der Waals surface area contributed by atoms with E-state index in [9.17, 15) is 4.79 Å². The summed E-state index contributed by atoms with van der Waals surface area (Å²) in [5.74, 6) is 0.477. The zero-order chi connectivity index (χ0) is 17.0. The van der Waals surface area contributed by atoms with Gasteiger partial charge in [-0.25, -0.2) is 4.79 Å². The van der Waals surface area contributed by atoms with E-state index in [1.165, 1.54) is 23.3 Å². The van der Waals surface area contributed by atoms with Crippen LogP contribution in [0.3, 0.4) is 0 Å². The molecule has 1 saturated carbocycles. The molecule has 2 rings (SSSR count). The molecule has 4 nitrogen and oxygen atoms in total. The van der Waals surface area contributed by atoms with Gasteiger partial charge in [-0.3, -0.25) is 0 Å². The molecule has 3 atom stereocenters. The molecule has 3 unspecified atom stereocenters. The van der Waals surface area contributed by atoms with Crippen LogP contribution in [-0.2, 0) is 4.74 Å². The van der Waals surface area contributed by atoms with Gasteiger partial charge in [0.25, 0.3) is 0 Å². The maximum atomic E-state index is 11.8. The molecule has 2 N–H and O–H groups in total. The van der Waals surface area contributed by atoms with Crippen LogP contribution >= 0.6 is 11.3 Å². The average molecular weight is 339 g/mol. The van der Waals surface area contributed by atoms with Crippen molar-refractivity contribution in [2.75, 3.05) is 6.54 Å². The Morgan fingerprint density at radius 1 is 1.43 bits per heavy atom. The summed E-state index contributed by atoms with van der Waals surface area (Å²) in [6.45, 7) is 10.7. The van der Waals surface area contributed by atoms with E-state index in [1.807, 2.05) is 32.1 Å². The van der Waals surface area contributed by atoms with Crippen LogP contribution in [0.4, 0.5) is 4.79 Å². The summed E-state index contributed by atoms with van der Waals surface area (Å²) < 4.78 is 5.32. The first-order chi connectivity index (χ1) is 10.8. The Morgan fingerprint density at radius 3 is 2.78 bits per heavy atom. The third kappa shape index (κ3) is 5.50. The third-order valence-corrected chi connectivity index (χ3v) is 5.53. The lowest BCUT2D eigenvalue weighted by molar-refractivity contribution is 0.0517. The van der Waals surface area contributed by atoms with E-state index in [4.69, 9.17) is 4.74 Å². The Morgan fingerprint density at radius 2 is 2.17 bits per heavy atom. The number of carbonyl (C=O) groups is 1. The number of hydrogen-bond acceptors (Lipinski definition) is 4. The maximum Gasteiger partial charge on any atom is 0.407 e. The van der Waals surface area contributed by atoms with Crippen molar-refractivity contribution in [2.45, 2.75) is 71.6 Å². The van der Waals surface area contributed by atoms with Crippen LogP contribution in [0.5, 0.6) is 0 Å². The average Bonchev–Trinajstić information content (AvgIpc) is 3.03. The van der Waals surface area contributed by atoms with Gasteiger partial charge in [-0.1, -0.05) is 6.42 Å². The van der Waals surface area contributed by atoms with Gasteiger partial charge in [0.2, 0.25) is 0 Å². The molecule has 1 aliphatic carbocycles. The van der Waals surface area contributed by atoms with Crippen LogP contribution in [0, 0.1) is 12.8 Å². The molecule has 23 heavy (non-hydrogen) atoms. The molecule has 1 amide bonds. The molecule has 0 spiro atoms. The van der Waals surface area contributed by atoms with Crippen LogP contribution in [-0.4, -0.2) is 24.3 Å². The predicted octanol–water partition coefficient (Wildman–Crippen LogP) is 4.40. The van der Waals surface area contributed by atoms with E-state index < -0.39 is 5.60 Å². The second kappa shape index (κ2) is 7.67. The van der Waals surface area contributed by atoms with Crippen molar-refractivity contribution in [3.63, 3.8) is 0 Å². The Labute approximate surface area is 144 Å². The van der Waals surface area contributed by atoms with Gasteiger partial charge in [-0.15, -0.1) is 11.3 Å². The first-order valence-corrected chi connectivity index (χ1v) is 9.41. The fraction of sp³-hybridized carbons (Fsp3) is 0.722. The molecule has 0 aliphatic heterocycles. The number of ether oxygens (including phenoxy) is 1. The number of amides is 1. The Balaban J connectivity index is 1.83. The van der Waals surface area contributed by atoms with Gasteiger partial charge in [-0.05, 0) is 70.4 Å². The van der Waals surface area contributed by atoms with E-state index in [-0.39, 0.29) is 6.09 Å². The van der Waals surface area contributed by atoms with Crippen molar-refractivity contribution >= 4 is 17.4 Å². The van der Waals surface area contributed by atoms with Crippen molar-refractivity contribution in [2.24, 2.45) is 5.92 Å². The number of hydrogen-bond donors (Lipinski definition) is 2. The lowest BCUT2D eigenvalue weighted by atomic mass is 10.0. The monoisotopic (exact) mass is 338 g/mol. The quantitative estimate of drug-likeness (QED) is 0.836. The summed E-state index contributed by atoms with van der Waals surface area (Å²) in [5, 5.41) is 8.85. The highest BCUT2D eigenvalue weighted by Gasteiger charge is 2.29. The van der Waals surface area contributed by atoms with Gasteiger partial charge in [-0.2, -0.15) is 0 Å². The molecule has 1 aromatic rings. The SMILES string of the molecule is Cc1ccsc1C(C)NC1CCCC1CNC(=O)OC(C)(C)C. The fourth-order valence-electron chi connectivity index (χ4n) is 3.25. The van der Waals surface area contributed by atoms with Crippen LogP contribution in [0.1, 0.15) is 63.4 Å². The van der Waals surface area contributed by atoms with Gasteiger partial charge < -0.3 is 15.4 Å². The van der Waals surface area contributed by atoms with Gasteiger partial charge in [0.1, 0.15) is 5.60 Å². The van der Waals surface area contributed by atoms with E-state index >= 15 is 0 Å². The Bertz CT molecular complexity index is 521. The lowest BCUT2D eigenvalue weighted by Crippen LogP contribution is -2.41. The molecular weight excluding hydrogens is 308 g/mol. The summed E-state index contributed by atoms with van der Waals surface area (Å²) in [6.07, 6.45) is 3.23. The Hall–Kier alpha value is -1.07. The molecular formula is C18H30N2O2S. The largest absolute Gasteiger partial charge is 0.444 e. The second-order valence-corrected chi connectivity index (χ2v) is 8.48. The summed E-state index contributed by atoms with van der Waals surface area (Å²) >= 11 is 1.81. The second-order valence-electron chi connectivity index (χ2n) is 7.54. The zero-order valence-corrected chi connectivity index (χ0v) is 15.8. The van der Waals surface area contributed by atoms with E-state index in [2.05, 4.69) is 35.9 Å². The normalized spacial score (nSPS) is 22.8. The number of rotatable bonds is 5.